The molecule has 0 bridgehead atoms. The van der Waals surface area contributed by atoms with E-state index in [-0.39, 0.29) is 10.8 Å². The Morgan fingerprint density at radius 2 is 2.15 bits per heavy atom. The number of hydrogen-bond donors (Lipinski definition) is 1. The van der Waals surface area contributed by atoms with Crippen molar-refractivity contribution < 1.29 is 4.74 Å². The summed E-state index contributed by atoms with van der Waals surface area (Å²) in [5.74, 6) is 2.86. The number of rotatable bonds is 6. The maximum absolute atomic E-state index is 13.0. The Morgan fingerprint density at radius 1 is 1.33 bits per heavy atom. The number of benzene rings is 1. The maximum Gasteiger partial charge on any atom is 0.259 e. The van der Waals surface area contributed by atoms with Crippen molar-refractivity contribution in [2.75, 3.05) is 7.11 Å². The van der Waals surface area contributed by atoms with Crippen LogP contribution >= 0.6 is 23.1 Å². The first-order valence-electron chi connectivity index (χ1n) is 11.3. The van der Waals surface area contributed by atoms with E-state index >= 15 is 0 Å². The number of aromatic amines is 1. The van der Waals surface area contributed by atoms with Crippen molar-refractivity contribution in [3.8, 4) is 17.1 Å². The number of para-hydroxylation sites is 1. The normalized spacial score (nSPS) is 16.7. The average Bonchev–Trinajstić information content (AvgIpc) is 3.39. The fraction of sp³-hybridized carbons (Fsp3) is 0.417. The molecule has 172 valence electrons. The fourth-order valence-electron chi connectivity index (χ4n) is 4.46. The van der Waals surface area contributed by atoms with Gasteiger partial charge >= 0.3 is 0 Å². The number of thiophene rings is 1. The predicted octanol–water partition coefficient (Wildman–Crippen LogP) is 5.25. The zero-order chi connectivity index (χ0) is 23.1. The lowest BCUT2D eigenvalue weighted by atomic mass is 9.89. The Kier molecular flexibility index (Phi) is 6.01. The van der Waals surface area contributed by atoms with E-state index in [1.807, 2.05) is 31.2 Å². The minimum absolute atomic E-state index is 0.0267. The highest BCUT2D eigenvalue weighted by atomic mass is 32.2. The first-order chi connectivity index (χ1) is 16.0. The van der Waals surface area contributed by atoms with Crippen molar-refractivity contribution in [2.24, 2.45) is 5.92 Å². The first-order valence-corrected chi connectivity index (χ1v) is 13.0. The third-order valence-corrected chi connectivity index (χ3v) is 8.47. The molecule has 2 atom stereocenters. The van der Waals surface area contributed by atoms with Crippen molar-refractivity contribution in [2.45, 2.75) is 57.0 Å². The number of nitrogens with one attached hydrogen (secondary N) is 1. The lowest BCUT2D eigenvalue weighted by Crippen LogP contribution is -2.15. The topological polar surface area (TPSA) is 85.7 Å². The maximum atomic E-state index is 13.0. The molecule has 5 rings (SSSR count). The number of nitrogens with zero attached hydrogens (tertiary/aromatic N) is 4. The van der Waals surface area contributed by atoms with E-state index in [1.165, 1.54) is 10.4 Å². The van der Waals surface area contributed by atoms with Gasteiger partial charge in [0.05, 0.1) is 23.3 Å². The van der Waals surface area contributed by atoms with E-state index in [1.54, 1.807) is 30.2 Å². The molecule has 7 nitrogen and oxygen atoms in total. The standard InChI is InChI=1S/C24H27N5O2S2/c1-5-29-21(15-8-6-7-9-17(15)31-4)27-28-24(29)32-14(3)20-25-22(30)19-16-11-10-13(2)12-18(16)33-23(19)26-20/h6-9,13-14H,5,10-12H2,1-4H3,(H,25,26,30)/t13-,14+/m0/s1. The summed E-state index contributed by atoms with van der Waals surface area (Å²) in [6, 6.07) is 7.81. The molecule has 1 aromatic carbocycles. The number of aryl methyl sites for hydroxylation is 1. The van der Waals surface area contributed by atoms with Gasteiger partial charge in [0.15, 0.2) is 11.0 Å². The molecule has 0 saturated carbocycles. The Balaban J connectivity index is 1.47. The average molecular weight is 482 g/mol. The summed E-state index contributed by atoms with van der Waals surface area (Å²) in [7, 11) is 1.66. The molecule has 1 aliphatic rings. The van der Waals surface area contributed by atoms with E-state index in [2.05, 4.69) is 33.6 Å². The molecule has 33 heavy (non-hydrogen) atoms. The van der Waals surface area contributed by atoms with Crippen LogP contribution < -0.4 is 10.3 Å². The van der Waals surface area contributed by atoms with Gasteiger partial charge in [0.2, 0.25) is 0 Å². The van der Waals surface area contributed by atoms with Crippen LogP contribution in [-0.4, -0.2) is 31.8 Å². The zero-order valence-corrected chi connectivity index (χ0v) is 20.8. The number of methoxy groups -OCH3 is 1. The SMILES string of the molecule is CCn1c(S[C@H](C)c2nc3sc4c(c3c(=O)[nH]2)CC[C@H](C)C4)nnc1-c1ccccc1OC. The predicted molar refractivity (Wildman–Crippen MR) is 133 cm³/mol. The minimum Gasteiger partial charge on any atom is -0.496 e. The monoisotopic (exact) mass is 481 g/mol. The van der Waals surface area contributed by atoms with E-state index < -0.39 is 0 Å². The molecule has 0 unspecified atom stereocenters. The number of thioether (sulfide) groups is 1. The lowest BCUT2D eigenvalue weighted by Gasteiger charge is -2.17. The van der Waals surface area contributed by atoms with Gasteiger partial charge in [-0.2, -0.15) is 0 Å². The van der Waals surface area contributed by atoms with Crippen LogP contribution in [0.15, 0.2) is 34.2 Å². The molecule has 0 fully saturated rings. The van der Waals surface area contributed by atoms with E-state index in [9.17, 15) is 4.79 Å². The molecule has 0 radical (unpaired) electrons. The molecular weight excluding hydrogens is 454 g/mol. The molecule has 4 aromatic rings. The second kappa shape index (κ2) is 8.95. The van der Waals surface area contributed by atoms with Gasteiger partial charge in [-0.15, -0.1) is 21.5 Å². The molecule has 3 heterocycles. The minimum atomic E-state index is -0.0832. The summed E-state index contributed by atoms with van der Waals surface area (Å²) in [4.78, 5) is 23.1. The highest BCUT2D eigenvalue weighted by Gasteiger charge is 2.25. The number of fused-ring (bicyclic) bond motifs is 3. The Labute approximate surface area is 200 Å². The van der Waals surface area contributed by atoms with E-state index in [0.717, 1.165) is 51.8 Å². The highest BCUT2D eigenvalue weighted by molar-refractivity contribution is 7.99. The van der Waals surface area contributed by atoms with Gasteiger partial charge in [0.1, 0.15) is 16.4 Å². The Morgan fingerprint density at radius 3 is 2.94 bits per heavy atom. The van der Waals surface area contributed by atoms with Crippen molar-refractivity contribution >= 4 is 33.3 Å². The second-order valence-electron chi connectivity index (χ2n) is 8.49. The van der Waals surface area contributed by atoms with Crippen LogP contribution in [0.4, 0.5) is 0 Å². The highest BCUT2D eigenvalue weighted by Crippen LogP contribution is 2.38. The van der Waals surface area contributed by atoms with Gasteiger partial charge in [-0.25, -0.2) is 4.98 Å². The van der Waals surface area contributed by atoms with Crippen molar-refractivity contribution in [3.63, 3.8) is 0 Å². The van der Waals surface area contributed by atoms with Crippen LogP contribution in [0.3, 0.4) is 0 Å². The number of aromatic nitrogens is 5. The summed E-state index contributed by atoms with van der Waals surface area (Å²) >= 11 is 3.23. The molecule has 0 amide bonds. The molecule has 1 N–H and O–H groups in total. The van der Waals surface area contributed by atoms with Gasteiger partial charge in [0.25, 0.3) is 5.56 Å². The second-order valence-corrected chi connectivity index (χ2v) is 10.9. The summed E-state index contributed by atoms with van der Waals surface area (Å²) in [5, 5.41) is 10.4. The third kappa shape index (κ3) is 3.97. The smallest absolute Gasteiger partial charge is 0.259 e. The summed E-state index contributed by atoms with van der Waals surface area (Å²) < 4.78 is 7.59. The molecule has 0 saturated heterocycles. The first kappa shape index (κ1) is 22.2. The van der Waals surface area contributed by atoms with Crippen LogP contribution in [0.25, 0.3) is 21.6 Å². The molecular formula is C24H27N5O2S2. The largest absolute Gasteiger partial charge is 0.496 e. The molecule has 9 heteroatoms. The van der Waals surface area contributed by atoms with Crippen LogP contribution in [0, 0.1) is 5.92 Å². The van der Waals surface area contributed by atoms with Gasteiger partial charge in [-0.05, 0) is 56.7 Å². The quantitative estimate of drug-likeness (QED) is 0.379. The summed E-state index contributed by atoms with van der Waals surface area (Å²) in [5.41, 5.74) is 2.09. The molecule has 3 aromatic heterocycles. The van der Waals surface area contributed by atoms with Crippen LogP contribution in [-0.2, 0) is 19.4 Å². The van der Waals surface area contributed by atoms with Crippen molar-refractivity contribution in [1.82, 2.24) is 24.7 Å². The third-order valence-electron chi connectivity index (χ3n) is 6.23. The van der Waals surface area contributed by atoms with Crippen molar-refractivity contribution in [3.05, 3.63) is 50.9 Å². The van der Waals surface area contributed by atoms with Crippen LogP contribution in [0.5, 0.6) is 5.75 Å². The molecule has 0 spiro atoms. The van der Waals surface area contributed by atoms with Gasteiger partial charge in [0, 0.05) is 11.4 Å². The number of ether oxygens (including phenoxy) is 1. The van der Waals surface area contributed by atoms with Gasteiger partial charge in [-0.3, -0.25) is 4.79 Å². The number of hydrogen-bond acceptors (Lipinski definition) is 7. The fourth-order valence-corrected chi connectivity index (χ4v) is 6.82. The lowest BCUT2D eigenvalue weighted by molar-refractivity contribution is 0.416. The van der Waals surface area contributed by atoms with E-state index in [0.29, 0.717) is 18.3 Å². The Bertz CT molecular complexity index is 1370. The Hall–Kier alpha value is -2.65. The van der Waals surface area contributed by atoms with Gasteiger partial charge in [-0.1, -0.05) is 30.8 Å². The van der Waals surface area contributed by atoms with Crippen LogP contribution in [0.1, 0.15) is 48.7 Å². The van der Waals surface area contributed by atoms with Crippen LogP contribution in [0.2, 0.25) is 0 Å². The number of H-pyrrole nitrogens is 1. The van der Waals surface area contributed by atoms with E-state index in [4.69, 9.17) is 9.72 Å². The summed E-state index contributed by atoms with van der Waals surface area (Å²) in [6.45, 7) is 7.11. The molecule has 1 aliphatic carbocycles. The van der Waals surface area contributed by atoms with Gasteiger partial charge < -0.3 is 14.3 Å². The summed E-state index contributed by atoms with van der Waals surface area (Å²) in [6.07, 6.45) is 3.14. The molecule has 0 aliphatic heterocycles. The zero-order valence-electron chi connectivity index (χ0n) is 19.2. The van der Waals surface area contributed by atoms with Crippen molar-refractivity contribution in [1.29, 1.82) is 0 Å².